The number of rotatable bonds is 2. The molecule has 2 saturated heterocycles. The maximum atomic E-state index is 12.7. The van der Waals surface area contributed by atoms with Gasteiger partial charge in [0.1, 0.15) is 0 Å². The van der Waals surface area contributed by atoms with Crippen molar-refractivity contribution < 1.29 is 17.6 Å². The number of carbonyl (C=O) groups is 1. The molecule has 2 unspecified atom stereocenters. The van der Waals surface area contributed by atoms with Gasteiger partial charge in [-0.15, -0.1) is 0 Å². The van der Waals surface area contributed by atoms with Gasteiger partial charge in [-0.2, -0.15) is 4.39 Å². The van der Waals surface area contributed by atoms with Crippen molar-refractivity contribution in [3.05, 3.63) is 29.8 Å². The van der Waals surface area contributed by atoms with Crippen LogP contribution >= 0.6 is 0 Å². The molecular formula is C13H14FNO3S. The molecule has 1 aromatic rings. The Morgan fingerprint density at radius 2 is 1.84 bits per heavy atom. The Hall–Kier alpha value is -1.30. The van der Waals surface area contributed by atoms with E-state index in [9.17, 15) is 17.6 Å². The molecule has 2 fully saturated rings. The number of sulfone groups is 1. The highest BCUT2D eigenvalue weighted by Gasteiger charge is 2.48. The van der Waals surface area contributed by atoms with Gasteiger partial charge in [0, 0.05) is 17.7 Å². The lowest BCUT2D eigenvalue weighted by molar-refractivity contribution is 0.0905. The summed E-state index contributed by atoms with van der Waals surface area (Å²) in [6.07, 6.45) is 3.35. The molecule has 2 atom stereocenters. The lowest BCUT2D eigenvalue weighted by Crippen LogP contribution is -2.36. The summed E-state index contributed by atoms with van der Waals surface area (Å²) in [5.74, 6) is -1.00. The number of hydrogen-bond acceptors (Lipinski definition) is 4. The van der Waals surface area contributed by atoms with Crippen LogP contribution in [0.15, 0.2) is 18.3 Å². The maximum absolute atomic E-state index is 12.7. The van der Waals surface area contributed by atoms with Crippen LogP contribution in [0.25, 0.3) is 0 Å². The van der Waals surface area contributed by atoms with Crippen molar-refractivity contribution in [3.8, 4) is 0 Å². The summed E-state index contributed by atoms with van der Waals surface area (Å²) in [5, 5.41) is -0.734. The van der Waals surface area contributed by atoms with Crippen molar-refractivity contribution in [1.82, 2.24) is 4.98 Å². The molecule has 4 nitrogen and oxygen atoms in total. The fraction of sp³-hybridized carbons (Fsp3) is 0.538. The van der Waals surface area contributed by atoms with Crippen molar-refractivity contribution in [2.24, 2.45) is 5.92 Å². The molecule has 19 heavy (non-hydrogen) atoms. The third-order valence-corrected chi connectivity index (χ3v) is 6.93. The first-order valence-electron chi connectivity index (χ1n) is 6.37. The summed E-state index contributed by atoms with van der Waals surface area (Å²) in [6, 6.07) is 2.57. The number of Topliss-reactive ketones (excluding diaryl/α,β-unsaturated/α-hetero) is 1. The fourth-order valence-corrected chi connectivity index (χ4v) is 5.65. The minimum Gasteiger partial charge on any atom is -0.294 e. The second-order valence-electron chi connectivity index (χ2n) is 5.31. The minimum absolute atomic E-state index is 0.112. The molecule has 102 valence electrons. The van der Waals surface area contributed by atoms with E-state index >= 15 is 0 Å². The van der Waals surface area contributed by atoms with Crippen LogP contribution in [0.2, 0.25) is 0 Å². The Labute approximate surface area is 111 Å². The molecule has 0 aromatic carbocycles. The van der Waals surface area contributed by atoms with Crippen molar-refractivity contribution in [2.45, 2.75) is 36.2 Å². The fourth-order valence-electron chi connectivity index (χ4n) is 3.18. The predicted octanol–water partition coefficient (Wildman–Crippen LogP) is 1.76. The second kappa shape index (κ2) is 4.37. The normalized spacial score (nSPS) is 32.2. The Morgan fingerprint density at radius 1 is 1.21 bits per heavy atom. The topological polar surface area (TPSA) is 64.1 Å². The van der Waals surface area contributed by atoms with Crippen LogP contribution in [0, 0.1) is 11.9 Å². The summed E-state index contributed by atoms with van der Waals surface area (Å²) in [5.41, 5.74) is 0.366. The van der Waals surface area contributed by atoms with Gasteiger partial charge in [0.05, 0.1) is 10.5 Å². The van der Waals surface area contributed by atoms with E-state index in [1.165, 1.54) is 12.3 Å². The van der Waals surface area contributed by atoms with Crippen LogP contribution in [0.3, 0.4) is 0 Å². The lowest BCUT2D eigenvalue weighted by atomic mass is 9.91. The average Bonchev–Trinajstić information content (AvgIpc) is 2.59. The third-order valence-electron chi connectivity index (χ3n) is 4.22. The zero-order valence-electron chi connectivity index (χ0n) is 10.3. The molecule has 2 bridgehead atoms. The first kappa shape index (κ1) is 12.7. The van der Waals surface area contributed by atoms with Gasteiger partial charge in [0.25, 0.3) is 0 Å². The van der Waals surface area contributed by atoms with Crippen LogP contribution in [0.1, 0.15) is 36.0 Å². The number of halogens is 1. The van der Waals surface area contributed by atoms with Crippen molar-refractivity contribution in [3.63, 3.8) is 0 Å². The van der Waals surface area contributed by atoms with Gasteiger partial charge in [-0.3, -0.25) is 4.79 Å². The number of fused-ring (bicyclic) bond motifs is 2. The smallest absolute Gasteiger partial charge is 0.212 e. The number of aromatic nitrogens is 1. The van der Waals surface area contributed by atoms with E-state index in [4.69, 9.17) is 0 Å². The van der Waals surface area contributed by atoms with Crippen molar-refractivity contribution in [2.75, 3.05) is 0 Å². The number of ketones is 1. The largest absolute Gasteiger partial charge is 0.294 e. The number of hydrogen-bond donors (Lipinski definition) is 0. The summed E-state index contributed by atoms with van der Waals surface area (Å²) in [6.45, 7) is 0. The van der Waals surface area contributed by atoms with Gasteiger partial charge < -0.3 is 0 Å². The Morgan fingerprint density at radius 3 is 2.37 bits per heavy atom. The van der Waals surface area contributed by atoms with Gasteiger partial charge in [-0.05, 0) is 37.8 Å². The highest BCUT2D eigenvalue weighted by molar-refractivity contribution is 7.93. The van der Waals surface area contributed by atoms with Crippen molar-refractivity contribution in [1.29, 1.82) is 0 Å². The standard InChI is InChI=1S/C13H14FNO3S/c14-12-4-1-8(7-15-12)13(16)9-5-10-2-3-11(6-9)19(10,17)18/h1,4,7,9-11H,2-3,5-6H2. The van der Waals surface area contributed by atoms with Crippen LogP contribution in [-0.2, 0) is 9.84 Å². The van der Waals surface area contributed by atoms with Gasteiger partial charge in [0.15, 0.2) is 15.6 Å². The summed E-state index contributed by atoms with van der Waals surface area (Å²) >= 11 is 0. The van der Waals surface area contributed by atoms with Gasteiger partial charge in [0.2, 0.25) is 5.95 Å². The second-order valence-corrected chi connectivity index (χ2v) is 7.82. The molecule has 1 aromatic heterocycles. The van der Waals surface area contributed by atoms with E-state index in [2.05, 4.69) is 4.98 Å². The highest BCUT2D eigenvalue weighted by Crippen LogP contribution is 2.42. The van der Waals surface area contributed by atoms with Crippen LogP contribution < -0.4 is 0 Å². The quantitative estimate of drug-likeness (QED) is 0.613. The number of nitrogens with zero attached hydrogens (tertiary/aromatic N) is 1. The van der Waals surface area contributed by atoms with E-state index in [1.54, 1.807) is 0 Å². The molecule has 0 spiro atoms. The maximum Gasteiger partial charge on any atom is 0.212 e. The molecule has 0 aliphatic carbocycles. The predicted molar refractivity (Wildman–Crippen MR) is 67.0 cm³/mol. The van der Waals surface area contributed by atoms with Gasteiger partial charge in [-0.25, -0.2) is 13.4 Å². The Bertz CT molecular complexity index is 591. The van der Waals surface area contributed by atoms with E-state index in [0.29, 0.717) is 31.2 Å². The van der Waals surface area contributed by atoms with Crippen molar-refractivity contribution >= 4 is 15.6 Å². The Balaban J connectivity index is 1.82. The van der Waals surface area contributed by atoms with Crippen LogP contribution in [0.4, 0.5) is 4.39 Å². The van der Waals surface area contributed by atoms with E-state index < -0.39 is 15.8 Å². The molecular weight excluding hydrogens is 269 g/mol. The molecule has 0 N–H and O–H groups in total. The zero-order chi connectivity index (χ0) is 13.6. The molecule has 0 amide bonds. The molecule has 0 saturated carbocycles. The van der Waals surface area contributed by atoms with E-state index in [-0.39, 0.29) is 22.2 Å². The molecule has 3 heterocycles. The number of carbonyl (C=O) groups excluding carboxylic acids is 1. The number of pyridine rings is 1. The lowest BCUT2D eigenvalue weighted by Gasteiger charge is -2.26. The zero-order valence-corrected chi connectivity index (χ0v) is 11.1. The Kier molecular flexibility index (Phi) is 2.92. The molecule has 6 heteroatoms. The van der Waals surface area contributed by atoms with E-state index in [1.807, 2.05) is 0 Å². The summed E-state index contributed by atoms with van der Waals surface area (Å²) in [7, 11) is -3.01. The van der Waals surface area contributed by atoms with E-state index in [0.717, 1.165) is 6.07 Å². The first-order valence-corrected chi connectivity index (χ1v) is 7.98. The van der Waals surface area contributed by atoms with Gasteiger partial charge >= 0.3 is 0 Å². The molecule has 3 rings (SSSR count). The summed E-state index contributed by atoms with van der Waals surface area (Å²) < 4.78 is 36.6. The molecule has 0 radical (unpaired) electrons. The average molecular weight is 283 g/mol. The first-order chi connectivity index (χ1) is 8.98. The summed E-state index contributed by atoms with van der Waals surface area (Å²) in [4.78, 5) is 15.8. The monoisotopic (exact) mass is 283 g/mol. The van der Waals surface area contributed by atoms with Gasteiger partial charge in [-0.1, -0.05) is 0 Å². The third kappa shape index (κ3) is 2.08. The highest BCUT2D eigenvalue weighted by atomic mass is 32.2. The SMILES string of the molecule is O=C(c1ccc(F)nc1)C1CC2CCC(C1)S2(=O)=O. The molecule has 2 aliphatic rings. The minimum atomic E-state index is -3.01. The molecule has 2 aliphatic heterocycles. The van der Waals surface area contributed by atoms with Crippen LogP contribution in [-0.4, -0.2) is 29.7 Å². The van der Waals surface area contributed by atoms with Crippen LogP contribution in [0.5, 0.6) is 0 Å².